The molecular formula is C8H19ClN2O2S. The van der Waals surface area contributed by atoms with Crippen LogP contribution in [-0.4, -0.2) is 44.7 Å². The minimum absolute atomic E-state index is 0. The zero-order chi connectivity index (χ0) is 9.90. The zero-order valence-corrected chi connectivity index (χ0v) is 10.3. The maximum absolute atomic E-state index is 11.5. The Morgan fingerprint density at radius 3 is 2.21 bits per heavy atom. The molecule has 0 bridgehead atoms. The number of piperidine rings is 1. The van der Waals surface area contributed by atoms with E-state index in [1.165, 1.54) is 0 Å². The summed E-state index contributed by atoms with van der Waals surface area (Å²) in [6, 6.07) is 0.489. The Labute approximate surface area is 92.5 Å². The van der Waals surface area contributed by atoms with E-state index in [9.17, 15) is 8.42 Å². The molecule has 6 heteroatoms. The molecule has 1 saturated heterocycles. The van der Waals surface area contributed by atoms with Crippen molar-refractivity contribution in [2.75, 3.05) is 25.9 Å². The van der Waals surface area contributed by atoms with Crippen LogP contribution in [0.25, 0.3) is 0 Å². The van der Waals surface area contributed by atoms with Gasteiger partial charge in [-0.25, -0.2) is 12.7 Å². The van der Waals surface area contributed by atoms with Gasteiger partial charge in [0.15, 0.2) is 0 Å². The smallest absolute Gasteiger partial charge is 0.213 e. The molecule has 0 unspecified atom stereocenters. The molecule has 0 saturated carbocycles. The lowest BCUT2D eigenvalue weighted by atomic mass is 10.1. The van der Waals surface area contributed by atoms with E-state index in [2.05, 4.69) is 5.32 Å². The summed E-state index contributed by atoms with van der Waals surface area (Å²) in [5.41, 5.74) is 0. The Morgan fingerprint density at radius 1 is 1.36 bits per heavy atom. The van der Waals surface area contributed by atoms with Crippen LogP contribution in [0.1, 0.15) is 19.8 Å². The Morgan fingerprint density at radius 2 is 1.86 bits per heavy atom. The molecule has 1 rings (SSSR count). The lowest BCUT2D eigenvalue weighted by Crippen LogP contribution is -2.44. The van der Waals surface area contributed by atoms with Crippen LogP contribution in [0, 0.1) is 0 Å². The van der Waals surface area contributed by atoms with Crippen LogP contribution in [0.3, 0.4) is 0 Å². The molecule has 1 aliphatic heterocycles. The minimum Gasteiger partial charge on any atom is -0.317 e. The first-order chi connectivity index (χ1) is 6.10. The third-order valence-corrected chi connectivity index (χ3v) is 4.50. The van der Waals surface area contributed by atoms with Crippen LogP contribution in [0.15, 0.2) is 0 Å². The summed E-state index contributed by atoms with van der Waals surface area (Å²) in [5.74, 6) is 0.219. The largest absolute Gasteiger partial charge is 0.317 e. The summed E-state index contributed by atoms with van der Waals surface area (Å²) < 4.78 is 24.5. The second-order valence-corrected chi connectivity index (χ2v) is 5.62. The summed E-state index contributed by atoms with van der Waals surface area (Å²) >= 11 is 0. The van der Waals surface area contributed by atoms with Crippen molar-refractivity contribution < 1.29 is 8.42 Å². The van der Waals surface area contributed by atoms with Crippen molar-refractivity contribution in [3.8, 4) is 0 Å². The molecule has 0 aliphatic carbocycles. The number of nitrogens with zero attached hydrogens (tertiary/aromatic N) is 1. The number of rotatable bonds is 3. The fourth-order valence-corrected chi connectivity index (χ4v) is 2.74. The number of nitrogens with one attached hydrogen (secondary N) is 1. The normalized spacial score (nSPS) is 20.4. The lowest BCUT2D eigenvalue weighted by Gasteiger charge is -2.30. The second-order valence-electron chi connectivity index (χ2n) is 3.36. The van der Waals surface area contributed by atoms with E-state index in [4.69, 9.17) is 0 Å². The highest BCUT2D eigenvalue weighted by Crippen LogP contribution is 2.13. The van der Waals surface area contributed by atoms with Crippen molar-refractivity contribution in [1.29, 1.82) is 0 Å². The van der Waals surface area contributed by atoms with Gasteiger partial charge in [-0.15, -0.1) is 12.4 Å². The molecular weight excluding hydrogens is 224 g/mol. The van der Waals surface area contributed by atoms with E-state index in [0.717, 1.165) is 12.8 Å². The quantitative estimate of drug-likeness (QED) is 0.782. The van der Waals surface area contributed by atoms with Gasteiger partial charge in [0.05, 0.1) is 5.75 Å². The van der Waals surface area contributed by atoms with E-state index >= 15 is 0 Å². The fourth-order valence-electron chi connectivity index (χ4n) is 1.61. The van der Waals surface area contributed by atoms with Gasteiger partial charge in [-0.2, -0.15) is 0 Å². The summed E-state index contributed by atoms with van der Waals surface area (Å²) in [6.07, 6.45) is 1.85. The molecule has 0 spiro atoms. The molecule has 86 valence electrons. The summed E-state index contributed by atoms with van der Waals surface area (Å²) in [6.45, 7) is 3.03. The van der Waals surface area contributed by atoms with Crippen LogP contribution in [0.5, 0.6) is 0 Å². The van der Waals surface area contributed by atoms with Gasteiger partial charge >= 0.3 is 0 Å². The van der Waals surface area contributed by atoms with Crippen molar-refractivity contribution in [2.24, 2.45) is 0 Å². The van der Waals surface area contributed by atoms with Gasteiger partial charge in [-0.1, -0.05) is 0 Å². The lowest BCUT2D eigenvalue weighted by molar-refractivity contribution is 0.299. The molecule has 0 amide bonds. The Kier molecular flexibility index (Phi) is 5.97. The predicted octanol–water partition coefficient (Wildman–Crippen LogP) is 0.442. The third-order valence-electron chi connectivity index (χ3n) is 2.62. The maximum atomic E-state index is 11.5. The predicted molar refractivity (Wildman–Crippen MR) is 60.4 cm³/mol. The highest BCUT2D eigenvalue weighted by Gasteiger charge is 2.25. The summed E-state index contributed by atoms with van der Waals surface area (Å²) in [5, 5.41) is 3.17. The van der Waals surface area contributed by atoms with Crippen molar-refractivity contribution in [3.63, 3.8) is 0 Å². The van der Waals surface area contributed by atoms with E-state index < -0.39 is 10.0 Å². The monoisotopic (exact) mass is 242 g/mol. The van der Waals surface area contributed by atoms with E-state index in [0.29, 0.717) is 19.1 Å². The summed E-state index contributed by atoms with van der Waals surface area (Å²) in [4.78, 5) is 0. The van der Waals surface area contributed by atoms with Crippen LogP contribution in [-0.2, 0) is 10.0 Å². The molecule has 0 atom stereocenters. The van der Waals surface area contributed by atoms with Crippen LogP contribution >= 0.6 is 12.4 Å². The van der Waals surface area contributed by atoms with E-state index in [1.807, 2.05) is 7.05 Å². The summed E-state index contributed by atoms with van der Waals surface area (Å²) in [7, 11) is -1.02. The number of sulfonamides is 1. The van der Waals surface area contributed by atoms with Crippen LogP contribution in [0.2, 0.25) is 0 Å². The van der Waals surface area contributed by atoms with Gasteiger partial charge in [0.25, 0.3) is 0 Å². The van der Waals surface area contributed by atoms with Gasteiger partial charge in [0, 0.05) is 19.1 Å². The van der Waals surface area contributed by atoms with Crippen molar-refractivity contribution in [3.05, 3.63) is 0 Å². The number of hydrogen-bond donors (Lipinski definition) is 1. The fraction of sp³-hybridized carbons (Fsp3) is 1.00. The standard InChI is InChI=1S/C8H18N2O2S.ClH/c1-3-13(11,12)10-6-4-8(9-2)5-7-10;/h8-9H,3-7H2,1-2H3;1H. The van der Waals surface area contributed by atoms with E-state index in [1.54, 1.807) is 11.2 Å². The molecule has 1 heterocycles. The molecule has 0 aromatic rings. The second kappa shape index (κ2) is 5.90. The SMILES string of the molecule is CCS(=O)(=O)N1CCC(NC)CC1.Cl. The Bertz CT molecular complexity index is 248. The average molecular weight is 243 g/mol. The maximum Gasteiger partial charge on any atom is 0.213 e. The topological polar surface area (TPSA) is 49.4 Å². The number of hydrogen-bond acceptors (Lipinski definition) is 3. The molecule has 1 fully saturated rings. The third kappa shape index (κ3) is 3.38. The molecule has 0 aromatic carbocycles. The van der Waals surface area contributed by atoms with Gasteiger partial charge < -0.3 is 5.32 Å². The van der Waals surface area contributed by atoms with Gasteiger partial charge in [0.2, 0.25) is 10.0 Å². The van der Waals surface area contributed by atoms with Crippen molar-refractivity contribution in [1.82, 2.24) is 9.62 Å². The molecule has 1 aliphatic rings. The molecule has 4 nitrogen and oxygen atoms in total. The van der Waals surface area contributed by atoms with Crippen LogP contribution < -0.4 is 5.32 Å². The molecule has 14 heavy (non-hydrogen) atoms. The highest BCUT2D eigenvalue weighted by atomic mass is 35.5. The zero-order valence-electron chi connectivity index (χ0n) is 8.69. The average Bonchev–Trinajstić information content (AvgIpc) is 2.18. The van der Waals surface area contributed by atoms with E-state index in [-0.39, 0.29) is 18.2 Å². The highest BCUT2D eigenvalue weighted by molar-refractivity contribution is 7.89. The Hall–Kier alpha value is 0.160. The first kappa shape index (κ1) is 14.2. The van der Waals surface area contributed by atoms with Crippen molar-refractivity contribution in [2.45, 2.75) is 25.8 Å². The first-order valence-corrected chi connectivity index (χ1v) is 6.36. The number of halogens is 1. The molecule has 0 radical (unpaired) electrons. The van der Waals surface area contributed by atoms with Crippen LogP contribution in [0.4, 0.5) is 0 Å². The first-order valence-electron chi connectivity index (χ1n) is 4.75. The van der Waals surface area contributed by atoms with Gasteiger partial charge in [-0.3, -0.25) is 0 Å². The van der Waals surface area contributed by atoms with Gasteiger partial charge in [-0.05, 0) is 26.8 Å². The molecule has 0 aromatic heterocycles. The minimum atomic E-state index is -2.95. The van der Waals surface area contributed by atoms with Gasteiger partial charge in [0.1, 0.15) is 0 Å². The Balaban J connectivity index is 0.00000169. The van der Waals surface area contributed by atoms with Crippen molar-refractivity contribution >= 4 is 22.4 Å². The molecule has 1 N–H and O–H groups in total.